The molecule has 1 aliphatic carbocycles. The predicted octanol–water partition coefficient (Wildman–Crippen LogP) is 2.37. The molecule has 1 saturated carbocycles. The van der Waals surface area contributed by atoms with Gasteiger partial charge in [0.25, 0.3) is 0 Å². The highest BCUT2D eigenvalue weighted by Crippen LogP contribution is 2.32. The minimum Gasteiger partial charge on any atom is -0.323 e. The molecule has 3 nitrogen and oxygen atoms in total. The average molecular weight is 238 g/mol. The van der Waals surface area contributed by atoms with Crippen LogP contribution in [0.3, 0.4) is 0 Å². The highest BCUT2D eigenvalue weighted by atomic mass is 16.2. The Morgan fingerprint density at radius 3 is 2.35 bits per heavy atom. The molecule has 0 spiro atoms. The van der Waals surface area contributed by atoms with Crippen LogP contribution in [0.1, 0.15) is 53.4 Å². The first-order valence-corrected chi connectivity index (χ1v) is 7.09. The number of amides is 1. The summed E-state index contributed by atoms with van der Waals surface area (Å²) >= 11 is 0. The summed E-state index contributed by atoms with van der Waals surface area (Å²) in [7, 11) is 0. The van der Waals surface area contributed by atoms with Gasteiger partial charge in [0, 0.05) is 6.04 Å². The second kappa shape index (κ2) is 4.97. The lowest BCUT2D eigenvalue weighted by Gasteiger charge is -2.38. The summed E-state index contributed by atoms with van der Waals surface area (Å²) in [5, 5.41) is 3.55. The van der Waals surface area contributed by atoms with Gasteiger partial charge in [-0.1, -0.05) is 27.7 Å². The van der Waals surface area contributed by atoms with Crippen LogP contribution in [0.25, 0.3) is 0 Å². The van der Waals surface area contributed by atoms with Crippen LogP contribution in [0.5, 0.6) is 0 Å². The zero-order valence-corrected chi connectivity index (χ0v) is 11.6. The summed E-state index contributed by atoms with van der Waals surface area (Å²) in [5.74, 6) is 1.37. The van der Waals surface area contributed by atoms with Crippen LogP contribution in [0, 0.1) is 11.8 Å². The molecule has 0 radical (unpaired) electrons. The Morgan fingerprint density at radius 1 is 1.29 bits per heavy atom. The number of rotatable bonds is 4. The first kappa shape index (κ1) is 12.9. The molecular formula is C14H26N2O. The van der Waals surface area contributed by atoms with Gasteiger partial charge >= 0.3 is 0 Å². The van der Waals surface area contributed by atoms with Crippen molar-refractivity contribution in [1.29, 1.82) is 0 Å². The van der Waals surface area contributed by atoms with Gasteiger partial charge in [-0.3, -0.25) is 10.1 Å². The number of nitrogens with zero attached hydrogens (tertiary/aromatic N) is 1. The molecule has 2 rings (SSSR count). The van der Waals surface area contributed by atoms with Crippen LogP contribution in [0.15, 0.2) is 0 Å². The molecule has 1 N–H and O–H groups in total. The van der Waals surface area contributed by atoms with E-state index in [1.807, 2.05) is 0 Å². The lowest BCUT2D eigenvalue weighted by molar-refractivity contribution is -0.134. The Hall–Kier alpha value is -0.570. The summed E-state index contributed by atoms with van der Waals surface area (Å²) in [6, 6.07) is 0.557. The largest absolute Gasteiger partial charge is 0.323 e. The zero-order valence-electron chi connectivity index (χ0n) is 11.6. The van der Waals surface area contributed by atoms with Crippen molar-refractivity contribution in [2.75, 3.05) is 0 Å². The summed E-state index contributed by atoms with van der Waals surface area (Å²) in [4.78, 5) is 14.6. The number of hydrogen-bond donors (Lipinski definition) is 1. The van der Waals surface area contributed by atoms with E-state index in [2.05, 4.69) is 37.9 Å². The molecule has 17 heavy (non-hydrogen) atoms. The van der Waals surface area contributed by atoms with Crippen molar-refractivity contribution in [3.8, 4) is 0 Å². The smallest absolute Gasteiger partial charge is 0.241 e. The van der Waals surface area contributed by atoms with Crippen molar-refractivity contribution in [3.63, 3.8) is 0 Å². The molecular weight excluding hydrogens is 212 g/mol. The minimum absolute atomic E-state index is 0.0411. The van der Waals surface area contributed by atoms with Crippen LogP contribution in [0.4, 0.5) is 0 Å². The van der Waals surface area contributed by atoms with Crippen molar-refractivity contribution < 1.29 is 4.79 Å². The molecule has 1 heterocycles. The summed E-state index contributed by atoms with van der Waals surface area (Å²) in [6.07, 6.45) is 5.04. The van der Waals surface area contributed by atoms with Crippen molar-refractivity contribution >= 4 is 5.91 Å². The van der Waals surface area contributed by atoms with E-state index in [1.54, 1.807) is 0 Å². The molecule has 0 aromatic heterocycles. The first-order chi connectivity index (χ1) is 8.00. The standard InChI is InChI=1S/C14H26N2O/c1-9(2)8-12-15-13(10(3)4)14(17)16(12)11-6-5-7-11/h9-13,15H,5-8H2,1-4H3. The molecule has 0 aromatic carbocycles. The van der Waals surface area contributed by atoms with Gasteiger partial charge in [-0.2, -0.15) is 0 Å². The molecule has 0 aromatic rings. The Kier molecular flexibility index (Phi) is 3.76. The van der Waals surface area contributed by atoms with Gasteiger partial charge in [0.15, 0.2) is 0 Å². The van der Waals surface area contributed by atoms with Gasteiger partial charge in [0.2, 0.25) is 5.91 Å². The third-order valence-electron chi connectivity index (χ3n) is 4.06. The lowest BCUT2D eigenvalue weighted by Crippen LogP contribution is -2.48. The van der Waals surface area contributed by atoms with E-state index in [0.717, 1.165) is 6.42 Å². The van der Waals surface area contributed by atoms with E-state index in [4.69, 9.17) is 0 Å². The summed E-state index contributed by atoms with van der Waals surface area (Å²) in [5.41, 5.74) is 0. The van der Waals surface area contributed by atoms with E-state index in [-0.39, 0.29) is 12.2 Å². The summed E-state index contributed by atoms with van der Waals surface area (Å²) in [6.45, 7) is 8.72. The first-order valence-electron chi connectivity index (χ1n) is 7.09. The molecule has 1 amide bonds. The number of hydrogen-bond acceptors (Lipinski definition) is 2. The number of nitrogens with one attached hydrogen (secondary N) is 1. The number of carbonyl (C=O) groups is 1. The van der Waals surface area contributed by atoms with Crippen LogP contribution in [-0.4, -0.2) is 29.1 Å². The topological polar surface area (TPSA) is 32.3 Å². The van der Waals surface area contributed by atoms with E-state index in [0.29, 0.717) is 23.8 Å². The van der Waals surface area contributed by atoms with Crippen molar-refractivity contribution in [2.24, 2.45) is 11.8 Å². The third kappa shape index (κ3) is 2.49. The van der Waals surface area contributed by atoms with Crippen molar-refractivity contribution in [3.05, 3.63) is 0 Å². The fourth-order valence-electron chi connectivity index (χ4n) is 2.88. The Balaban J connectivity index is 2.09. The van der Waals surface area contributed by atoms with E-state index in [9.17, 15) is 4.79 Å². The molecule has 1 aliphatic heterocycles. The highest BCUT2D eigenvalue weighted by Gasteiger charge is 2.44. The van der Waals surface area contributed by atoms with Crippen LogP contribution >= 0.6 is 0 Å². The molecule has 2 fully saturated rings. The maximum Gasteiger partial charge on any atom is 0.241 e. The third-order valence-corrected chi connectivity index (χ3v) is 4.06. The van der Waals surface area contributed by atoms with Gasteiger partial charge in [-0.15, -0.1) is 0 Å². The minimum atomic E-state index is 0.0411. The molecule has 1 saturated heterocycles. The fourth-order valence-corrected chi connectivity index (χ4v) is 2.88. The van der Waals surface area contributed by atoms with Crippen molar-refractivity contribution in [1.82, 2.24) is 10.2 Å². The molecule has 0 bridgehead atoms. The normalized spacial score (nSPS) is 30.5. The van der Waals surface area contributed by atoms with Crippen LogP contribution in [-0.2, 0) is 4.79 Å². The van der Waals surface area contributed by atoms with E-state index >= 15 is 0 Å². The quantitative estimate of drug-likeness (QED) is 0.815. The van der Waals surface area contributed by atoms with Gasteiger partial charge < -0.3 is 4.90 Å². The maximum absolute atomic E-state index is 12.4. The summed E-state index contributed by atoms with van der Waals surface area (Å²) < 4.78 is 0. The number of carbonyl (C=O) groups excluding carboxylic acids is 1. The Morgan fingerprint density at radius 2 is 1.94 bits per heavy atom. The zero-order chi connectivity index (χ0) is 12.6. The van der Waals surface area contributed by atoms with Crippen molar-refractivity contribution in [2.45, 2.75) is 71.6 Å². The van der Waals surface area contributed by atoms with Gasteiger partial charge in [-0.25, -0.2) is 0 Å². The molecule has 3 heteroatoms. The molecule has 2 atom stereocenters. The Labute approximate surface area is 105 Å². The lowest BCUT2D eigenvalue weighted by atomic mass is 9.90. The van der Waals surface area contributed by atoms with E-state index < -0.39 is 0 Å². The average Bonchev–Trinajstić information content (AvgIpc) is 2.42. The molecule has 98 valence electrons. The van der Waals surface area contributed by atoms with E-state index in [1.165, 1.54) is 19.3 Å². The SMILES string of the molecule is CC(C)CC1NC(C(C)C)C(=O)N1C1CCC1. The van der Waals surface area contributed by atoms with Gasteiger partial charge in [-0.05, 0) is 37.5 Å². The van der Waals surface area contributed by atoms with Gasteiger partial charge in [0.1, 0.15) is 0 Å². The second-order valence-electron chi connectivity index (χ2n) is 6.36. The van der Waals surface area contributed by atoms with Crippen LogP contribution in [0.2, 0.25) is 0 Å². The maximum atomic E-state index is 12.4. The Bertz CT molecular complexity index is 284. The monoisotopic (exact) mass is 238 g/mol. The van der Waals surface area contributed by atoms with Crippen LogP contribution < -0.4 is 5.32 Å². The fraction of sp³-hybridized carbons (Fsp3) is 0.929. The van der Waals surface area contributed by atoms with Gasteiger partial charge in [0.05, 0.1) is 12.2 Å². The predicted molar refractivity (Wildman–Crippen MR) is 69.5 cm³/mol. The molecule has 2 unspecified atom stereocenters. The highest BCUT2D eigenvalue weighted by molar-refractivity contribution is 5.85. The molecule has 2 aliphatic rings. The second-order valence-corrected chi connectivity index (χ2v) is 6.36.